The highest BCUT2D eigenvalue weighted by atomic mass is 16.5. The van der Waals surface area contributed by atoms with Crippen LogP contribution < -0.4 is 0 Å². The summed E-state index contributed by atoms with van der Waals surface area (Å²) in [7, 11) is 0. The second kappa shape index (κ2) is 4.65. The summed E-state index contributed by atoms with van der Waals surface area (Å²) in [4.78, 5) is 0. The largest absolute Gasteiger partial charge is 0.356 e. The number of aromatic nitrogens is 1. The zero-order valence-electron chi connectivity index (χ0n) is 10.4. The van der Waals surface area contributed by atoms with Crippen molar-refractivity contribution < 1.29 is 4.52 Å². The van der Waals surface area contributed by atoms with Crippen LogP contribution in [0.15, 0.2) is 53.1 Å². The zero-order chi connectivity index (χ0) is 12.4. The molecule has 0 aliphatic carbocycles. The third kappa shape index (κ3) is 2.14. The lowest BCUT2D eigenvalue weighted by atomic mass is 10.0. The molecule has 2 nitrogen and oxygen atoms in total. The van der Waals surface area contributed by atoms with Crippen LogP contribution >= 0.6 is 0 Å². The third-order valence-electron chi connectivity index (χ3n) is 3.26. The minimum atomic E-state index is 0.871. The average Bonchev–Trinajstić information content (AvgIpc) is 2.79. The summed E-state index contributed by atoms with van der Waals surface area (Å²) in [6.07, 6.45) is 2.11. The number of benzene rings is 2. The Balaban J connectivity index is 1.80. The molecule has 0 saturated carbocycles. The maximum absolute atomic E-state index is 5.22. The van der Waals surface area contributed by atoms with E-state index in [1.165, 1.54) is 11.1 Å². The van der Waals surface area contributed by atoms with Gasteiger partial charge in [0.1, 0.15) is 0 Å². The smallest absolute Gasteiger partial charge is 0.167 e. The van der Waals surface area contributed by atoms with Gasteiger partial charge < -0.3 is 4.52 Å². The lowest BCUT2D eigenvalue weighted by Gasteiger charge is -2.02. The van der Waals surface area contributed by atoms with Gasteiger partial charge in [0.05, 0.1) is 5.69 Å². The third-order valence-corrected chi connectivity index (χ3v) is 3.26. The standard InChI is InChI=1S/C16H15NO/c1-12-15-11-14(9-10-16(15)18-17-12)8-7-13-5-3-2-4-6-13/h2-6,9-11H,7-8H2,1H3. The fraction of sp³-hybridized carbons (Fsp3) is 0.188. The van der Waals surface area contributed by atoms with E-state index in [0.717, 1.165) is 29.5 Å². The predicted octanol–water partition coefficient (Wildman–Crippen LogP) is 3.92. The summed E-state index contributed by atoms with van der Waals surface area (Å²) in [5, 5.41) is 5.11. The second-order valence-corrected chi connectivity index (χ2v) is 4.58. The summed E-state index contributed by atoms with van der Waals surface area (Å²) < 4.78 is 5.22. The van der Waals surface area contributed by atoms with E-state index < -0.39 is 0 Å². The molecule has 0 amide bonds. The first-order valence-corrected chi connectivity index (χ1v) is 6.22. The highest BCUT2D eigenvalue weighted by Gasteiger charge is 2.04. The molecule has 1 heterocycles. The van der Waals surface area contributed by atoms with Gasteiger partial charge in [0.2, 0.25) is 0 Å². The molecule has 0 aliphatic rings. The van der Waals surface area contributed by atoms with E-state index in [-0.39, 0.29) is 0 Å². The minimum absolute atomic E-state index is 0.871. The van der Waals surface area contributed by atoms with E-state index in [4.69, 9.17) is 4.52 Å². The quantitative estimate of drug-likeness (QED) is 0.690. The Bertz CT molecular complexity index is 655. The molecule has 0 spiro atoms. The van der Waals surface area contributed by atoms with Gasteiger partial charge >= 0.3 is 0 Å². The van der Waals surface area contributed by atoms with Gasteiger partial charge in [-0.1, -0.05) is 41.6 Å². The molecule has 0 fully saturated rings. The van der Waals surface area contributed by atoms with Crippen LogP contribution in [-0.2, 0) is 12.8 Å². The fourth-order valence-corrected chi connectivity index (χ4v) is 2.20. The van der Waals surface area contributed by atoms with Crippen molar-refractivity contribution in [2.45, 2.75) is 19.8 Å². The number of nitrogens with zero attached hydrogens (tertiary/aromatic N) is 1. The monoisotopic (exact) mass is 237 g/mol. The van der Waals surface area contributed by atoms with Crippen LogP contribution in [0, 0.1) is 6.92 Å². The molecule has 1 aromatic heterocycles. The van der Waals surface area contributed by atoms with E-state index in [2.05, 4.69) is 47.6 Å². The molecule has 2 heteroatoms. The normalized spacial score (nSPS) is 10.9. The maximum atomic E-state index is 5.22. The van der Waals surface area contributed by atoms with Gasteiger partial charge in [-0.2, -0.15) is 0 Å². The lowest BCUT2D eigenvalue weighted by Crippen LogP contribution is -1.90. The second-order valence-electron chi connectivity index (χ2n) is 4.58. The van der Waals surface area contributed by atoms with E-state index in [9.17, 15) is 0 Å². The van der Waals surface area contributed by atoms with Crippen molar-refractivity contribution in [2.24, 2.45) is 0 Å². The van der Waals surface area contributed by atoms with Crippen molar-refractivity contribution in [2.75, 3.05) is 0 Å². The van der Waals surface area contributed by atoms with Crippen molar-refractivity contribution in [3.05, 3.63) is 65.4 Å². The molecule has 3 aromatic rings. The molecule has 18 heavy (non-hydrogen) atoms. The molecular formula is C16H15NO. The number of hydrogen-bond donors (Lipinski definition) is 0. The summed E-state index contributed by atoms with van der Waals surface area (Å²) in [5.74, 6) is 0. The Morgan fingerprint density at radius 1 is 0.944 bits per heavy atom. The van der Waals surface area contributed by atoms with Gasteiger partial charge in [0.15, 0.2) is 5.58 Å². The predicted molar refractivity (Wildman–Crippen MR) is 72.6 cm³/mol. The molecule has 2 aromatic carbocycles. The zero-order valence-corrected chi connectivity index (χ0v) is 10.4. The Hall–Kier alpha value is -2.09. The van der Waals surface area contributed by atoms with Crippen LogP contribution in [0.4, 0.5) is 0 Å². The fourth-order valence-electron chi connectivity index (χ4n) is 2.20. The summed E-state index contributed by atoms with van der Waals surface area (Å²) in [5.41, 5.74) is 4.54. The average molecular weight is 237 g/mol. The highest BCUT2D eigenvalue weighted by Crippen LogP contribution is 2.20. The molecule has 0 radical (unpaired) electrons. The van der Waals surface area contributed by atoms with E-state index in [0.29, 0.717) is 0 Å². The van der Waals surface area contributed by atoms with E-state index in [1.807, 2.05) is 13.0 Å². The molecular weight excluding hydrogens is 222 g/mol. The van der Waals surface area contributed by atoms with Crippen molar-refractivity contribution in [3.8, 4) is 0 Å². The Labute approximate surface area is 106 Å². The van der Waals surface area contributed by atoms with E-state index >= 15 is 0 Å². The summed E-state index contributed by atoms with van der Waals surface area (Å²) in [6, 6.07) is 16.9. The van der Waals surface area contributed by atoms with Crippen molar-refractivity contribution in [1.29, 1.82) is 0 Å². The molecule has 0 bridgehead atoms. The van der Waals surface area contributed by atoms with Gasteiger partial charge in [0, 0.05) is 5.39 Å². The first-order chi connectivity index (χ1) is 8.83. The van der Waals surface area contributed by atoms with Crippen LogP contribution in [0.3, 0.4) is 0 Å². The Morgan fingerprint density at radius 3 is 2.56 bits per heavy atom. The molecule has 90 valence electrons. The first-order valence-electron chi connectivity index (χ1n) is 6.22. The summed E-state index contributed by atoms with van der Waals surface area (Å²) in [6.45, 7) is 1.98. The van der Waals surface area contributed by atoms with Crippen molar-refractivity contribution in [1.82, 2.24) is 5.16 Å². The van der Waals surface area contributed by atoms with Gasteiger partial charge in [-0.05, 0) is 43.0 Å². The number of fused-ring (bicyclic) bond motifs is 1. The Morgan fingerprint density at radius 2 is 1.72 bits per heavy atom. The van der Waals surface area contributed by atoms with Crippen LogP contribution in [0.25, 0.3) is 11.0 Å². The topological polar surface area (TPSA) is 26.0 Å². The van der Waals surface area contributed by atoms with Crippen LogP contribution in [0.1, 0.15) is 16.8 Å². The van der Waals surface area contributed by atoms with Gasteiger partial charge in [0.25, 0.3) is 0 Å². The maximum Gasteiger partial charge on any atom is 0.167 e. The van der Waals surface area contributed by atoms with Gasteiger partial charge in [-0.25, -0.2) is 0 Å². The number of hydrogen-bond acceptors (Lipinski definition) is 2. The van der Waals surface area contributed by atoms with Crippen LogP contribution in [0.5, 0.6) is 0 Å². The highest BCUT2D eigenvalue weighted by molar-refractivity contribution is 5.79. The van der Waals surface area contributed by atoms with E-state index in [1.54, 1.807) is 0 Å². The van der Waals surface area contributed by atoms with Gasteiger partial charge in [-0.3, -0.25) is 0 Å². The molecule has 0 aliphatic heterocycles. The number of rotatable bonds is 3. The molecule has 0 unspecified atom stereocenters. The summed E-state index contributed by atoms with van der Waals surface area (Å²) >= 11 is 0. The molecule has 0 atom stereocenters. The number of aryl methyl sites for hydroxylation is 3. The molecule has 0 N–H and O–H groups in total. The van der Waals surface area contributed by atoms with Crippen LogP contribution in [-0.4, -0.2) is 5.16 Å². The first kappa shape index (κ1) is 11.0. The van der Waals surface area contributed by atoms with Crippen LogP contribution in [0.2, 0.25) is 0 Å². The van der Waals surface area contributed by atoms with Gasteiger partial charge in [-0.15, -0.1) is 0 Å². The molecule has 3 rings (SSSR count). The van der Waals surface area contributed by atoms with Crippen molar-refractivity contribution in [3.63, 3.8) is 0 Å². The lowest BCUT2D eigenvalue weighted by molar-refractivity contribution is 0.450. The molecule has 0 saturated heterocycles. The SMILES string of the molecule is Cc1noc2ccc(CCc3ccccc3)cc12. The Kier molecular flexibility index (Phi) is 2.85. The van der Waals surface area contributed by atoms with Crippen molar-refractivity contribution >= 4 is 11.0 Å². The minimum Gasteiger partial charge on any atom is -0.356 e.